The van der Waals surface area contributed by atoms with Crippen molar-refractivity contribution < 1.29 is 33.7 Å². The first-order valence-corrected chi connectivity index (χ1v) is 13.1. The molecular weight excluding hydrogens is 500 g/mol. The molecule has 202 valence electrons. The van der Waals surface area contributed by atoms with E-state index in [1.807, 2.05) is 25.2 Å². The molecule has 0 bridgehead atoms. The molecule has 10 heteroatoms. The van der Waals surface area contributed by atoms with E-state index in [1.165, 1.54) is 6.07 Å². The van der Waals surface area contributed by atoms with Crippen molar-refractivity contribution >= 4 is 29.2 Å². The minimum Gasteiger partial charge on any atom is -0.507 e. The molecule has 3 rings (SSSR count). The number of rotatable bonds is 7. The summed E-state index contributed by atoms with van der Waals surface area (Å²) in [5.74, 6) is -0.998. The van der Waals surface area contributed by atoms with Crippen LogP contribution in [0.1, 0.15) is 61.4 Å². The summed E-state index contributed by atoms with van der Waals surface area (Å²) < 4.78 is 16.2. The smallest absolute Gasteiger partial charge is 0.342 e. The number of phenols is 1. The molecule has 1 fully saturated rings. The van der Waals surface area contributed by atoms with Gasteiger partial charge < -0.3 is 29.1 Å². The molecule has 1 aromatic carbocycles. The minimum atomic E-state index is -0.708. The molecule has 0 spiro atoms. The van der Waals surface area contributed by atoms with Gasteiger partial charge in [-0.3, -0.25) is 4.79 Å². The van der Waals surface area contributed by atoms with Crippen LogP contribution >= 0.6 is 11.6 Å². The number of likely N-dealkylation sites (tertiary alicyclic amines) is 1. The van der Waals surface area contributed by atoms with Crippen LogP contribution in [0.25, 0.3) is 0 Å². The standard InChI is InChI=1S/C27H35ClN2O7/c1-2-34-19-36-23-17-22(31)25-21(26(23)28)16-20(12-8-5-3-4-6-11-15-35-27(25)33)29-37-18-24(32)30-13-9-7-10-14-30/h4,6,8,12,17,31H,2-3,5,7,9-11,13-16,18-19H2,1H3/b6-4+,12-8+,29-20+. The van der Waals surface area contributed by atoms with Crippen LogP contribution in [0, 0.1) is 0 Å². The molecule has 0 unspecified atom stereocenters. The number of phenolic OH excluding ortho intramolecular Hbond substituents is 1. The predicted octanol–water partition coefficient (Wildman–Crippen LogP) is 4.80. The average Bonchev–Trinajstić information content (AvgIpc) is 2.90. The van der Waals surface area contributed by atoms with Gasteiger partial charge in [-0.15, -0.1) is 0 Å². The van der Waals surface area contributed by atoms with Gasteiger partial charge in [0.1, 0.15) is 17.1 Å². The van der Waals surface area contributed by atoms with Crippen LogP contribution in [0.15, 0.2) is 35.5 Å². The molecule has 37 heavy (non-hydrogen) atoms. The van der Waals surface area contributed by atoms with Gasteiger partial charge >= 0.3 is 5.97 Å². The number of carbonyl (C=O) groups excluding carboxylic acids is 2. The predicted molar refractivity (Wildman–Crippen MR) is 140 cm³/mol. The van der Waals surface area contributed by atoms with E-state index >= 15 is 0 Å². The number of carbonyl (C=O) groups is 2. The first-order chi connectivity index (χ1) is 18.0. The third-order valence-electron chi connectivity index (χ3n) is 5.94. The number of hydrogen-bond donors (Lipinski definition) is 1. The molecule has 2 aliphatic heterocycles. The molecule has 2 heterocycles. The molecule has 1 saturated heterocycles. The van der Waals surface area contributed by atoms with E-state index in [1.54, 1.807) is 11.0 Å². The van der Waals surface area contributed by atoms with Crippen LogP contribution in [-0.2, 0) is 25.5 Å². The molecule has 2 aliphatic rings. The Morgan fingerprint density at radius 1 is 1.16 bits per heavy atom. The number of allylic oxidation sites excluding steroid dienone is 3. The van der Waals surface area contributed by atoms with E-state index in [2.05, 4.69) is 5.16 Å². The normalized spacial score (nSPS) is 19.9. The number of fused-ring (bicyclic) bond motifs is 1. The zero-order valence-corrected chi connectivity index (χ0v) is 22.0. The van der Waals surface area contributed by atoms with Gasteiger partial charge in [-0.05, 0) is 57.1 Å². The van der Waals surface area contributed by atoms with Gasteiger partial charge in [-0.2, -0.15) is 0 Å². The molecular formula is C27H35ClN2O7. The number of oxime groups is 1. The molecule has 1 amide bonds. The molecule has 0 saturated carbocycles. The highest BCUT2D eigenvalue weighted by Gasteiger charge is 2.25. The third kappa shape index (κ3) is 8.79. The SMILES string of the molecule is CCOCOc1cc(O)c2c(c1Cl)CC(=N/OCC(=O)N1CCCCC1)/C=C/CC/C=C/CCOC2=O. The second kappa shape index (κ2) is 15.3. The lowest BCUT2D eigenvalue weighted by Gasteiger charge is -2.26. The van der Waals surface area contributed by atoms with Crippen molar-refractivity contribution in [1.29, 1.82) is 0 Å². The van der Waals surface area contributed by atoms with Crippen molar-refractivity contribution in [2.24, 2.45) is 5.16 Å². The Morgan fingerprint density at radius 2 is 1.92 bits per heavy atom. The van der Waals surface area contributed by atoms with Gasteiger partial charge in [0.15, 0.2) is 13.4 Å². The van der Waals surface area contributed by atoms with Crippen molar-refractivity contribution in [2.45, 2.75) is 51.9 Å². The maximum Gasteiger partial charge on any atom is 0.342 e. The topological polar surface area (TPSA) is 107 Å². The summed E-state index contributed by atoms with van der Waals surface area (Å²) in [4.78, 5) is 32.6. The molecule has 0 radical (unpaired) electrons. The summed E-state index contributed by atoms with van der Waals surface area (Å²) >= 11 is 6.65. The van der Waals surface area contributed by atoms with Crippen LogP contribution in [0.5, 0.6) is 11.5 Å². The second-order valence-corrected chi connectivity index (χ2v) is 9.04. The number of hydrogen-bond acceptors (Lipinski definition) is 8. The van der Waals surface area contributed by atoms with E-state index in [0.717, 1.165) is 45.2 Å². The number of nitrogens with zero attached hydrogens (tertiary/aromatic N) is 2. The first kappa shape index (κ1) is 28.5. The maximum absolute atomic E-state index is 12.9. The Hall–Kier alpha value is -3.04. The first-order valence-electron chi connectivity index (χ1n) is 12.7. The molecule has 1 N–H and O–H groups in total. The summed E-state index contributed by atoms with van der Waals surface area (Å²) in [6, 6.07) is 1.27. The Morgan fingerprint density at radius 3 is 2.70 bits per heavy atom. The van der Waals surface area contributed by atoms with Crippen LogP contribution in [0.2, 0.25) is 5.02 Å². The van der Waals surface area contributed by atoms with Gasteiger partial charge in [0.2, 0.25) is 0 Å². The summed E-state index contributed by atoms with van der Waals surface area (Å²) in [6.45, 7) is 3.60. The maximum atomic E-state index is 12.9. The molecule has 9 nitrogen and oxygen atoms in total. The highest BCUT2D eigenvalue weighted by atomic mass is 35.5. The van der Waals surface area contributed by atoms with E-state index < -0.39 is 5.97 Å². The van der Waals surface area contributed by atoms with E-state index in [-0.39, 0.29) is 60.0 Å². The van der Waals surface area contributed by atoms with Crippen molar-refractivity contribution in [3.05, 3.63) is 46.5 Å². The fourth-order valence-corrected chi connectivity index (χ4v) is 4.28. The number of piperidine rings is 1. The van der Waals surface area contributed by atoms with Gasteiger partial charge in [0.05, 0.1) is 17.3 Å². The third-order valence-corrected chi connectivity index (χ3v) is 6.36. The van der Waals surface area contributed by atoms with Crippen LogP contribution in [0.4, 0.5) is 0 Å². The summed E-state index contributed by atoms with van der Waals surface area (Å²) in [7, 11) is 0. The summed E-state index contributed by atoms with van der Waals surface area (Å²) in [6.07, 6.45) is 12.9. The van der Waals surface area contributed by atoms with Crippen molar-refractivity contribution in [3.8, 4) is 11.5 Å². The zero-order chi connectivity index (χ0) is 26.5. The van der Waals surface area contributed by atoms with Crippen LogP contribution in [-0.4, -0.2) is 67.3 Å². The zero-order valence-electron chi connectivity index (χ0n) is 21.2. The number of amides is 1. The van der Waals surface area contributed by atoms with Gasteiger partial charge in [0, 0.05) is 32.2 Å². The van der Waals surface area contributed by atoms with Crippen LogP contribution < -0.4 is 4.74 Å². The van der Waals surface area contributed by atoms with Crippen molar-refractivity contribution in [2.75, 3.05) is 39.7 Å². The quantitative estimate of drug-likeness (QED) is 0.176. The Balaban J connectivity index is 1.90. The molecule has 0 aliphatic carbocycles. The van der Waals surface area contributed by atoms with E-state index in [4.69, 9.17) is 30.6 Å². The monoisotopic (exact) mass is 534 g/mol. The summed E-state index contributed by atoms with van der Waals surface area (Å²) in [5, 5.41) is 15.1. The lowest BCUT2D eigenvalue weighted by molar-refractivity contribution is -0.137. The molecule has 1 aromatic rings. The highest BCUT2D eigenvalue weighted by molar-refractivity contribution is 6.33. The van der Waals surface area contributed by atoms with Crippen molar-refractivity contribution in [1.82, 2.24) is 4.90 Å². The molecule has 0 atom stereocenters. The van der Waals surface area contributed by atoms with Crippen molar-refractivity contribution in [3.63, 3.8) is 0 Å². The summed E-state index contributed by atoms with van der Waals surface area (Å²) in [5.41, 5.74) is 0.630. The number of aromatic hydroxyl groups is 1. The lowest BCUT2D eigenvalue weighted by atomic mass is 9.99. The van der Waals surface area contributed by atoms with E-state index in [9.17, 15) is 14.7 Å². The number of benzene rings is 1. The minimum absolute atomic E-state index is 0.0346. The fraction of sp³-hybridized carbons (Fsp3) is 0.519. The lowest BCUT2D eigenvalue weighted by Crippen LogP contribution is -2.37. The van der Waals surface area contributed by atoms with Crippen LogP contribution in [0.3, 0.4) is 0 Å². The number of ether oxygens (including phenoxy) is 3. The Bertz CT molecular complexity index is 1020. The van der Waals surface area contributed by atoms with Gasteiger partial charge in [-0.25, -0.2) is 4.79 Å². The fourth-order valence-electron chi connectivity index (χ4n) is 4.01. The highest BCUT2D eigenvalue weighted by Crippen LogP contribution is 2.38. The largest absolute Gasteiger partial charge is 0.507 e. The number of cyclic esters (lactones) is 1. The average molecular weight is 535 g/mol. The Kier molecular flexibility index (Phi) is 11.8. The van der Waals surface area contributed by atoms with Gasteiger partial charge in [-0.1, -0.05) is 35.0 Å². The second-order valence-electron chi connectivity index (χ2n) is 8.67. The number of halogens is 1. The number of esters is 1. The van der Waals surface area contributed by atoms with Gasteiger partial charge in [0.25, 0.3) is 5.91 Å². The van der Waals surface area contributed by atoms with E-state index in [0.29, 0.717) is 18.7 Å². The molecule has 0 aromatic heterocycles. The Labute approximate surface area is 222 Å².